The fraction of sp³-hybridized carbons (Fsp3) is 0.118. The summed E-state index contributed by atoms with van der Waals surface area (Å²) in [6, 6.07) is 13.9. The second-order valence-electron chi connectivity index (χ2n) is 4.85. The van der Waals surface area contributed by atoms with Crippen LogP contribution in [0, 0.1) is 6.92 Å². The predicted octanol–water partition coefficient (Wildman–Crippen LogP) is 3.20. The van der Waals surface area contributed by atoms with E-state index in [2.05, 4.69) is 9.97 Å². The quantitative estimate of drug-likeness (QED) is 0.694. The van der Waals surface area contributed by atoms with Crippen LogP contribution in [-0.2, 0) is 0 Å². The van der Waals surface area contributed by atoms with Crippen molar-refractivity contribution < 1.29 is 0 Å². The van der Waals surface area contributed by atoms with Crippen LogP contribution in [0.1, 0.15) is 11.1 Å². The zero-order valence-corrected chi connectivity index (χ0v) is 13.0. The first-order chi connectivity index (χ1) is 10.7. The van der Waals surface area contributed by atoms with Crippen LogP contribution in [0.15, 0.2) is 64.7 Å². The number of thioether (sulfide) groups is 1. The largest absolute Gasteiger partial charge is 0.355 e. The van der Waals surface area contributed by atoms with Gasteiger partial charge in [0, 0.05) is 11.9 Å². The zero-order chi connectivity index (χ0) is 15.4. The Balaban J connectivity index is 1.73. The lowest BCUT2D eigenvalue weighted by molar-refractivity contribution is 0.844. The topological polar surface area (TPSA) is 47.3 Å². The van der Waals surface area contributed by atoms with Crippen molar-refractivity contribution in [1.29, 1.82) is 0 Å². The Morgan fingerprint density at radius 1 is 1.14 bits per heavy atom. The molecule has 0 aliphatic rings. The van der Waals surface area contributed by atoms with E-state index in [1.807, 2.05) is 61.5 Å². The summed E-state index contributed by atoms with van der Waals surface area (Å²) in [5, 5.41) is 0.506. The lowest BCUT2D eigenvalue weighted by atomic mass is 10.2. The van der Waals surface area contributed by atoms with Crippen LogP contribution < -0.4 is 5.69 Å². The smallest absolute Gasteiger partial charge is 0.251 e. The van der Waals surface area contributed by atoms with Crippen molar-refractivity contribution in [1.82, 2.24) is 14.4 Å². The maximum absolute atomic E-state index is 12.0. The molecule has 0 aliphatic carbocycles. The highest BCUT2D eigenvalue weighted by Crippen LogP contribution is 2.13. The molecule has 22 heavy (non-hydrogen) atoms. The molecule has 0 saturated heterocycles. The highest BCUT2D eigenvalue weighted by Gasteiger charge is 2.03. The van der Waals surface area contributed by atoms with Crippen molar-refractivity contribution in [3.63, 3.8) is 0 Å². The van der Waals surface area contributed by atoms with E-state index >= 15 is 0 Å². The van der Waals surface area contributed by atoms with Crippen LogP contribution in [0.3, 0.4) is 0 Å². The molecule has 110 valence electrons. The maximum atomic E-state index is 12.0. The summed E-state index contributed by atoms with van der Waals surface area (Å²) in [7, 11) is 0. The maximum Gasteiger partial charge on any atom is 0.355 e. The van der Waals surface area contributed by atoms with Gasteiger partial charge in [-0.2, -0.15) is 4.98 Å². The molecule has 0 saturated carbocycles. The van der Waals surface area contributed by atoms with Crippen LogP contribution >= 0.6 is 11.8 Å². The number of benzene rings is 1. The molecule has 0 unspecified atom stereocenters. The Kier molecular flexibility index (Phi) is 4.34. The third kappa shape index (κ3) is 3.43. The molecule has 0 N–H and O–H groups in total. The lowest BCUT2D eigenvalue weighted by Gasteiger charge is -2.02. The van der Waals surface area contributed by atoms with Gasteiger partial charge in [0.15, 0.2) is 5.16 Å². The van der Waals surface area contributed by atoms with E-state index in [0.717, 1.165) is 16.9 Å². The van der Waals surface area contributed by atoms with Crippen molar-refractivity contribution >= 4 is 23.5 Å². The second-order valence-corrected chi connectivity index (χ2v) is 5.83. The van der Waals surface area contributed by atoms with Gasteiger partial charge in [0.1, 0.15) is 5.65 Å². The van der Waals surface area contributed by atoms with Crippen LogP contribution in [0.25, 0.3) is 11.7 Å². The first-order valence-corrected chi connectivity index (χ1v) is 7.92. The van der Waals surface area contributed by atoms with Gasteiger partial charge in [0.05, 0.1) is 0 Å². The minimum atomic E-state index is -0.289. The molecular formula is C17H15N3OS. The van der Waals surface area contributed by atoms with Crippen LogP contribution in [0.2, 0.25) is 0 Å². The van der Waals surface area contributed by atoms with Crippen LogP contribution in [0.5, 0.6) is 0 Å². The summed E-state index contributed by atoms with van der Waals surface area (Å²) < 4.78 is 1.47. The van der Waals surface area contributed by atoms with E-state index in [9.17, 15) is 4.79 Å². The fourth-order valence-corrected chi connectivity index (χ4v) is 2.68. The van der Waals surface area contributed by atoms with Crippen molar-refractivity contribution in [2.24, 2.45) is 0 Å². The summed E-state index contributed by atoms with van der Waals surface area (Å²) in [4.78, 5) is 20.4. The van der Waals surface area contributed by atoms with Gasteiger partial charge >= 0.3 is 5.69 Å². The summed E-state index contributed by atoms with van der Waals surface area (Å²) in [5.41, 5.74) is 2.49. The molecule has 5 heteroatoms. The van der Waals surface area contributed by atoms with E-state index in [1.165, 1.54) is 16.2 Å². The molecule has 4 nitrogen and oxygen atoms in total. The first kappa shape index (κ1) is 14.5. The molecule has 3 rings (SSSR count). The third-order valence-corrected chi connectivity index (χ3v) is 3.90. The first-order valence-electron chi connectivity index (χ1n) is 6.94. The average molecular weight is 309 g/mol. The molecule has 0 radical (unpaired) electrons. The van der Waals surface area contributed by atoms with Crippen molar-refractivity contribution in [3.05, 3.63) is 76.3 Å². The number of rotatable bonds is 4. The SMILES string of the molecule is Cc1ccc2nc(SCC=Cc3ccccc3)nc(=O)n2c1. The molecule has 0 spiro atoms. The fourth-order valence-electron chi connectivity index (χ4n) is 2.04. The Morgan fingerprint density at radius 3 is 2.77 bits per heavy atom. The molecule has 1 aromatic carbocycles. The number of aromatic nitrogens is 3. The molecule has 0 aliphatic heterocycles. The predicted molar refractivity (Wildman–Crippen MR) is 90.2 cm³/mol. The minimum absolute atomic E-state index is 0.289. The van der Waals surface area contributed by atoms with Gasteiger partial charge in [-0.05, 0) is 24.1 Å². The highest BCUT2D eigenvalue weighted by molar-refractivity contribution is 7.99. The van der Waals surface area contributed by atoms with Crippen molar-refractivity contribution in [3.8, 4) is 0 Å². The molecule has 0 fully saturated rings. The number of hydrogen-bond donors (Lipinski definition) is 0. The Labute approximate surface area is 132 Å². The number of hydrogen-bond acceptors (Lipinski definition) is 4. The summed E-state index contributed by atoms with van der Waals surface area (Å²) >= 11 is 1.45. The van der Waals surface area contributed by atoms with E-state index < -0.39 is 0 Å². The number of aryl methyl sites for hydroxylation is 1. The second kappa shape index (κ2) is 6.58. The molecule has 3 aromatic rings. The molecule has 2 aromatic heterocycles. The molecule has 0 amide bonds. The monoisotopic (exact) mass is 309 g/mol. The number of pyridine rings is 1. The Hall–Kier alpha value is -2.40. The summed E-state index contributed by atoms with van der Waals surface area (Å²) in [5.74, 6) is 0.719. The highest BCUT2D eigenvalue weighted by atomic mass is 32.2. The van der Waals surface area contributed by atoms with Crippen molar-refractivity contribution in [2.45, 2.75) is 12.1 Å². The van der Waals surface area contributed by atoms with Gasteiger partial charge in [0.25, 0.3) is 0 Å². The van der Waals surface area contributed by atoms with Crippen molar-refractivity contribution in [2.75, 3.05) is 5.75 Å². The molecular weight excluding hydrogens is 294 g/mol. The molecule has 0 atom stereocenters. The third-order valence-electron chi connectivity index (χ3n) is 3.10. The number of fused-ring (bicyclic) bond motifs is 1. The molecule has 0 bridgehead atoms. The summed E-state index contributed by atoms with van der Waals surface area (Å²) in [6.45, 7) is 1.93. The van der Waals surface area contributed by atoms with Crippen LogP contribution in [0.4, 0.5) is 0 Å². The zero-order valence-electron chi connectivity index (χ0n) is 12.1. The van der Waals surface area contributed by atoms with E-state index in [-0.39, 0.29) is 5.69 Å². The molecule has 2 heterocycles. The number of nitrogens with zero attached hydrogens (tertiary/aromatic N) is 3. The van der Waals surface area contributed by atoms with E-state index in [4.69, 9.17) is 0 Å². The van der Waals surface area contributed by atoms with Gasteiger partial charge in [-0.15, -0.1) is 0 Å². The van der Waals surface area contributed by atoms with E-state index in [0.29, 0.717) is 10.8 Å². The average Bonchev–Trinajstić information content (AvgIpc) is 2.53. The Bertz CT molecular complexity index is 872. The standard InChI is InChI=1S/C17H15N3OS/c1-13-9-10-15-18-16(19-17(21)20(15)12-13)22-11-5-8-14-6-3-2-4-7-14/h2-10,12H,11H2,1H3. The van der Waals surface area contributed by atoms with Gasteiger partial charge in [-0.1, -0.05) is 60.3 Å². The van der Waals surface area contributed by atoms with Crippen LogP contribution in [-0.4, -0.2) is 20.1 Å². The van der Waals surface area contributed by atoms with Gasteiger partial charge in [-0.25, -0.2) is 9.78 Å². The lowest BCUT2D eigenvalue weighted by Crippen LogP contribution is -2.19. The van der Waals surface area contributed by atoms with Gasteiger partial charge in [-0.3, -0.25) is 4.40 Å². The normalized spacial score (nSPS) is 11.3. The minimum Gasteiger partial charge on any atom is -0.251 e. The van der Waals surface area contributed by atoms with Gasteiger partial charge in [0.2, 0.25) is 0 Å². The van der Waals surface area contributed by atoms with Gasteiger partial charge < -0.3 is 0 Å². The van der Waals surface area contributed by atoms with E-state index in [1.54, 1.807) is 6.20 Å². The Morgan fingerprint density at radius 2 is 1.95 bits per heavy atom. The summed E-state index contributed by atoms with van der Waals surface area (Å²) in [6.07, 6.45) is 5.84.